The molecule has 2 heteroatoms. The third-order valence-corrected chi connectivity index (χ3v) is 2.82. The highest BCUT2D eigenvalue weighted by Gasteiger charge is 1.89. The van der Waals surface area contributed by atoms with E-state index in [-0.39, 0.29) is 0 Å². The van der Waals surface area contributed by atoms with Gasteiger partial charge in [-0.2, -0.15) is 0 Å². The lowest BCUT2D eigenvalue weighted by Gasteiger charge is -2.03. The van der Waals surface area contributed by atoms with Crippen molar-refractivity contribution in [3.63, 3.8) is 0 Å². The summed E-state index contributed by atoms with van der Waals surface area (Å²) in [5.74, 6) is 0. The maximum Gasteiger partial charge on any atom is 0.188 e. The van der Waals surface area contributed by atoms with Crippen molar-refractivity contribution in [1.29, 1.82) is 0 Å². The monoisotopic (exact) mass is 260 g/mol. The van der Waals surface area contributed by atoms with Gasteiger partial charge in [0.25, 0.3) is 0 Å². The predicted octanol–water partition coefficient (Wildman–Crippen LogP) is 4.87. The molecule has 0 bridgehead atoms. The standard InChI is InChI=1S/C17H24O2/c1-3-5-6-7-13-18-15-19-14-12-17-10-8-16(4-2)9-11-17/h4,8-12,14H,2-3,5-7,13,15H2,1H3. The van der Waals surface area contributed by atoms with Crippen LogP contribution in [-0.2, 0) is 9.47 Å². The maximum atomic E-state index is 5.37. The van der Waals surface area contributed by atoms with E-state index in [4.69, 9.17) is 9.47 Å². The third kappa shape index (κ3) is 7.47. The van der Waals surface area contributed by atoms with Gasteiger partial charge in [-0.3, -0.25) is 0 Å². The zero-order chi connectivity index (χ0) is 13.8. The Kier molecular flexibility index (Phi) is 8.48. The number of hydrogen-bond donors (Lipinski definition) is 0. The van der Waals surface area contributed by atoms with Gasteiger partial charge in [0.15, 0.2) is 6.79 Å². The minimum Gasteiger partial charge on any atom is -0.475 e. The number of benzene rings is 1. The Morgan fingerprint density at radius 3 is 2.47 bits per heavy atom. The molecule has 0 unspecified atom stereocenters. The topological polar surface area (TPSA) is 18.5 Å². The molecule has 0 heterocycles. The van der Waals surface area contributed by atoms with Crippen molar-refractivity contribution in [3.05, 3.63) is 48.2 Å². The van der Waals surface area contributed by atoms with E-state index in [0.29, 0.717) is 6.79 Å². The Morgan fingerprint density at radius 1 is 1.05 bits per heavy atom. The van der Waals surface area contributed by atoms with Gasteiger partial charge in [-0.15, -0.1) is 0 Å². The average Bonchev–Trinajstić information content (AvgIpc) is 2.46. The fraction of sp³-hybridized carbons (Fsp3) is 0.412. The van der Waals surface area contributed by atoms with Crippen LogP contribution in [0.1, 0.15) is 43.7 Å². The van der Waals surface area contributed by atoms with Gasteiger partial charge in [0, 0.05) is 0 Å². The summed E-state index contributed by atoms with van der Waals surface area (Å²) in [5.41, 5.74) is 2.22. The van der Waals surface area contributed by atoms with Crippen molar-refractivity contribution in [2.45, 2.75) is 32.6 Å². The molecule has 0 amide bonds. The van der Waals surface area contributed by atoms with Gasteiger partial charge >= 0.3 is 0 Å². The lowest BCUT2D eigenvalue weighted by molar-refractivity contribution is -0.0119. The molecule has 1 aromatic rings. The molecule has 0 aliphatic heterocycles. The summed E-state index contributed by atoms with van der Waals surface area (Å²) in [4.78, 5) is 0. The zero-order valence-electron chi connectivity index (χ0n) is 11.8. The first-order chi connectivity index (χ1) is 9.36. The number of unbranched alkanes of at least 4 members (excludes halogenated alkanes) is 3. The Bertz CT molecular complexity index is 365. The van der Waals surface area contributed by atoms with Gasteiger partial charge in [-0.1, -0.05) is 63.1 Å². The Labute approximate surface area is 116 Å². The summed E-state index contributed by atoms with van der Waals surface area (Å²) in [6, 6.07) is 8.11. The Morgan fingerprint density at radius 2 is 1.79 bits per heavy atom. The first kappa shape index (κ1) is 15.5. The van der Waals surface area contributed by atoms with Crippen LogP contribution >= 0.6 is 0 Å². The minimum absolute atomic E-state index is 0.327. The first-order valence-corrected chi connectivity index (χ1v) is 6.95. The summed E-state index contributed by atoms with van der Waals surface area (Å²) < 4.78 is 10.6. The van der Waals surface area contributed by atoms with E-state index in [0.717, 1.165) is 24.2 Å². The van der Waals surface area contributed by atoms with Gasteiger partial charge < -0.3 is 9.47 Å². The van der Waals surface area contributed by atoms with Crippen LogP contribution in [-0.4, -0.2) is 13.4 Å². The summed E-state index contributed by atoms with van der Waals surface area (Å²) in [6.45, 7) is 7.03. The van der Waals surface area contributed by atoms with Crippen LogP contribution < -0.4 is 0 Å². The van der Waals surface area contributed by atoms with E-state index in [9.17, 15) is 0 Å². The summed E-state index contributed by atoms with van der Waals surface area (Å²) >= 11 is 0. The minimum atomic E-state index is 0.327. The quantitative estimate of drug-likeness (QED) is 0.339. The van der Waals surface area contributed by atoms with Gasteiger partial charge in [0.2, 0.25) is 0 Å². The first-order valence-electron chi connectivity index (χ1n) is 6.95. The molecule has 0 atom stereocenters. The van der Waals surface area contributed by atoms with E-state index < -0.39 is 0 Å². The van der Waals surface area contributed by atoms with Crippen LogP contribution in [0, 0.1) is 0 Å². The maximum absolute atomic E-state index is 5.37. The Hall–Kier alpha value is -1.54. The smallest absolute Gasteiger partial charge is 0.188 e. The molecule has 0 aliphatic carbocycles. The van der Waals surface area contributed by atoms with Crippen molar-refractivity contribution < 1.29 is 9.47 Å². The van der Waals surface area contributed by atoms with E-state index in [1.54, 1.807) is 6.26 Å². The van der Waals surface area contributed by atoms with Crippen LogP contribution in [0.4, 0.5) is 0 Å². The molecule has 1 rings (SSSR count). The van der Waals surface area contributed by atoms with Gasteiger partial charge in [0.1, 0.15) is 0 Å². The zero-order valence-corrected chi connectivity index (χ0v) is 11.8. The number of ether oxygens (including phenoxy) is 2. The SMILES string of the molecule is C=Cc1ccc(C=COCOCCCCCC)cc1. The molecule has 0 fully saturated rings. The van der Waals surface area contributed by atoms with Crippen molar-refractivity contribution in [2.75, 3.05) is 13.4 Å². The van der Waals surface area contributed by atoms with Crippen molar-refractivity contribution >= 4 is 12.2 Å². The molecule has 0 N–H and O–H groups in total. The third-order valence-electron chi connectivity index (χ3n) is 2.82. The van der Waals surface area contributed by atoms with Crippen LogP contribution in [0.5, 0.6) is 0 Å². The summed E-state index contributed by atoms with van der Waals surface area (Å²) in [5, 5.41) is 0. The fourth-order valence-corrected chi connectivity index (χ4v) is 1.65. The van der Waals surface area contributed by atoms with Crippen LogP contribution in [0.2, 0.25) is 0 Å². The number of rotatable bonds is 10. The van der Waals surface area contributed by atoms with Crippen LogP contribution in [0.25, 0.3) is 12.2 Å². The van der Waals surface area contributed by atoms with Gasteiger partial charge in [-0.25, -0.2) is 0 Å². The Balaban J connectivity index is 2.07. The second kappa shape index (κ2) is 10.4. The second-order valence-corrected chi connectivity index (χ2v) is 4.43. The van der Waals surface area contributed by atoms with E-state index in [1.807, 2.05) is 36.4 Å². The summed E-state index contributed by atoms with van der Waals surface area (Å²) in [6.07, 6.45) is 10.3. The molecule has 104 valence electrons. The van der Waals surface area contributed by atoms with Gasteiger partial charge in [0.05, 0.1) is 12.9 Å². The van der Waals surface area contributed by atoms with Gasteiger partial charge in [-0.05, 0) is 23.6 Å². The molecule has 0 spiro atoms. The largest absolute Gasteiger partial charge is 0.475 e. The molecule has 0 saturated carbocycles. The molecule has 0 aliphatic rings. The lowest BCUT2D eigenvalue weighted by atomic mass is 10.1. The normalized spacial score (nSPS) is 10.8. The molecular weight excluding hydrogens is 236 g/mol. The fourth-order valence-electron chi connectivity index (χ4n) is 1.65. The van der Waals surface area contributed by atoms with Crippen LogP contribution in [0.3, 0.4) is 0 Å². The second-order valence-electron chi connectivity index (χ2n) is 4.43. The highest BCUT2D eigenvalue weighted by molar-refractivity contribution is 5.54. The number of hydrogen-bond acceptors (Lipinski definition) is 2. The van der Waals surface area contributed by atoms with E-state index in [2.05, 4.69) is 13.5 Å². The van der Waals surface area contributed by atoms with E-state index >= 15 is 0 Å². The average molecular weight is 260 g/mol. The molecule has 0 saturated heterocycles. The summed E-state index contributed by atoms with van der Waals surface area (Å²) in [7, 11) is 0. The highest BCUT2D eigenvalue weighted by atomic mass is 16.7. The molecule has 19 heavy (non-hydrogen) atoms. The molecular formula is C17H24O2. The molecule has 2 nitrogen and oxygen atoms in total. The van der Waals surface area contributed by atoms with Crippen molar-refractivity contribution in [1.82, 2.24) is 0 Å². The van der Waals surface area contributed by atoms with Crippen molar-refractivity contribution in [3.8, 4) is 0 Å². The molecule has 0 aromatic heterocycles. The van der Waals surface area contributed by atoms with Crippen molar-refractivity contribution in [2.24, 2.45) is 0 Å². The lowest BCUT2D eigenvalue weighted by Crippen LogP contribution is -1.97. The molecule has 0 radical (unpaired) electrons. The highest BCUT2D eigenvalue weighted by Crippen LogP contribution is 2.07. The van der Waals surface area contributed by atoms with Crippen LogP contribution in [0.15, 0.2) is 37.1 Å². The predicted molar refractivity (Wildman–Crippen MR) is 81.6 cm³/mol. The van der Waals surface area contributed by atoms with E-state index in [1.165, 1.54) is 19.3 Å². The molecule has 1 aromatic carbocycles.